The van der Waals surface area contributed by atoms with Crippen LogP contribution in [-0.2, 0) is 0 Å². The third-order valence-corrected chi connectivity index (χ3v) is 8.66. The predicted octanol–water partition coefficient (Wildman–Crippen LogP) is 6.45. The summed E-state index contributed by atoms with van der Waals surface area (Å²) in [5, 5.41) is 0. The molecule has 5 rings (SSSR count). The minimum absolute atomic E-state index is 0.404. The second-order valence-corrected chi connectivity index (χ2v) is 16.5. The Morgan fingerprint density at radius 1 is 0.943 bits per heavy atom. The maximum atomic E-state index is 6.28. The van der Waals surface area contributed by atoms with Gasteiger partial charge in [-0.25, -0.2) is 0 Å². The van der Waals surface area contributed by atoms with Gasteiger partial charge in [-0.3, -0.25) is 4.90 Å². The second kappa shape index (κ2) is 10.9. The molecule has 186 valence electrons. The molecule has 0 aliphatic carbocycles. The number of piperidine rings is 1. The Balaban J connectivity index is 1.32. The molecule has 3 aliphatic heterocycles. The first-order valence-corrected chi connectivity index (χ1v) is 17.3. The standard InChI is InChI=1S/C31H42N2OSi/c1-35(2,3)21-15-25-10-7-11-26(22-25)30-24-33-19-8-12-31(33)29-23-27(13-14-28(29)30)34-20-9-18-32-16-5-4-6-17-32/h7,10-11,13-14,22-23,30-31H,4-6,8-9,12,16-20,24H2,1-3H3/t30-,31+/m1/s1. The van der Waals surface area contributed by atoms with Crippen LogP contribution in [0.4, 0.5) is 0 Å². The van der Waals surface area contributed by atoms with Crippen molar-refractivity contribution in [3.05, 3.63) is 64.7 Å². The minimum atomic E-state index is -1.39. The second-order valence-electron chi connectivity index (χ2n) is 11.7. The van der Waals surface area contributed by atoms with Crippen LogP contribution < -0.4 is 4.74 Å². The Morgan fingerprint density at radius 3 is 2.63 bits per heavy atom. The SMILES string of the molecule is C[Si](C)(C)C#Cc1cccc([C@H]2CN3CCC[C@H]3c3cc(OCCCN4CCCCC4)ccc32)c1. The van der Waals surface area contributed by atoms with Crippen molar-refractivity contribution in [2.75, 3.05) is 39.3 Å². The van der Waals surface area contributed by atoms with E-state index in [4.69, 9.17) is 4.74 Å². The summed E-state index contributed by atoms with van der Waals surface area (Å²) in [7, 11) is -1.39. The highest BCUT2D eigenvalue weighted by Gasteiger charge is 2.36. The lowest BCUT2D eigenvalue weighted by molar-refractivity contribution is 0.204. The lowest BCUT2D eigenvalue weighted by atomic mass is 9.81. The lowest BCUT2D eigenvalue weighted by Crippen LogP contribution is -2.34. The van der Waals surface area contributed by atoms with Gasteiger partial charge in [0.05, 0.1) is 6.61 Å². The van der Waals surface area contributed by atoms with Crippen LogP contribution >= 0.6 is 0 Å². The van der Waals surface area contributed by atoms with Crippen molar-refractivity contribution in [1.29, 1.82) is 0 Å². The number of likely N-dealkylation sites (tertiary alicyclic amines) is 1. The van der Waals surface area contributed by atoms with Crippen molar-refractivity contribution in [2.24, 2.45) is 0 Å². The van der Waals surface area contributed by atoms with E-state index in [1.807, 2.05) is 0 Å². The molecule has 2 aromatic rings. The number of nitrogens with zero attached hydrogens (tertiary/aromatic N) is 2. The fourth-order valence-corrected chi connectivity index (χ4v) is 6.54. The first-order chi connectivity index (χ1) is 17.0. The molecule has 4 heteroatoms. The maximum absolute atomic E-state index is 6.28. The first-order valence-electron chi connectivity index (χ1n) is 13.8. The molecule has 0 aromatic heterocycles. The highest BCUT2D eigenvalue weighted by molar-refractivity contribution is 6.83. The summed E-state index contributed by atoms with van der Waals surface area (Å²) in [5.41, 5.74) is 9.07. The Kier molecular flexibility index (Phi) is 7.67. The number of hydrogen-bond donors (Lipinski definition) is 0. The van der Waals surface area contributed by atoms with Crippen LogP contribution in [0.15, 0.2) is 42.5 Å². The molecule has 2 fully saturated rings. The quantitative estimate of drug-likeness (QED) is 0.265. The zero-order valence-electron chi connectivity index (χ0n) is 22.0. The summed E-state index contributed by atoms with van der Waals surface area (Å²) in [4.78, 5) is 5.30. The molecule has 35 heavy (non-hydrogen) atoms. The average molecular weight is 487 g/mol. The third-order valence-electron chi connectivity index (χ3n) is 7.78. The van der Waals surface area contributed by atoms with Gasteiger partial charge in [0.15, 0.2) is 0 Å². The molecule has 3 nitrogen and oxygen atoms in total. The highest BCUT2D eigenvalue weighted by atomic mass is 28.3. The summed E-state index contributed by atoms with van der Waals surface area (Å²) in [6.45, 7) is 13.7. The van der Waals surface area contributed by atoms with Gasteiger partial charge in [0.2, 0.25) is 0 Å². The number of rotatable bonds is 6. The van der Waals surface area contributed by atoms with Crippen LogP contribution in [0.5, 0.6) is 5.75 Å². The van der Waals surface area contributed by atoms with Gasteiger partial charge < -0.3 is 9.64 Å². The van der Waals surface area contributed by atoms with Crippen LogP contribution in [0.3, 0.4) is 0 Å². The molecule has 0 N–H and O–H groups in total. The van der Waals surface area contributed by atoms with Gasteiger partial charge in [-0.2, -0.15) is 0 Å². The highest BCUT2D eigenvalue weighted by Crippen LogP contribution is 2.45. The van der Waals surface area contributed by atoms with Crippen LogP contribution in [0, 0.1) is 11.5 Å². The molecule has 0 amide bonds. The molecular weight excluding hydrogens is 444 g/mol. The van der Waals surface area contributed by atoms with Crippen molar-refractivity contribution in [1.82, 2.24) is 9.80 Å². The van der Waals surface area contributed by atoms with E-state index in [1.165, 1.54) is 75.0 Å². The smallest absolute Gasteiger partial charge is 0.129 e. The van der Waals surface area contributed by atoms with Gasteiger partial charge in [-0.1, -0.05) is 50.2 Å². The maximum Gasteiger partial charge on any atom is 0.129 e. The Bertz CT molecular complexity index is 1070. The van der Waals surface area contributed by atoms with Crippen LogP contribution in [-0.4, -0.2) is 57.2 Å². The number of hydrogen-bond acceptors (Lipinski definition) is 3. The largest absolute Gasteiger partial charge is 0.494 e. The molecular formula is C31H42N2OSi. The van der Waals surface area contributed by atoms with Crippen LogP contribution in [0.25, 0.3) is 0 Å². The predicted molar refractivity (Wildman–Crippen MR) is 149 cm³/mol. The van der Waals surface area contributed by atoms with Crippen molar-refractivity contribution < 1.29 is 4.74 Å². The van der Waals surface area contributed by atoms with E-state index in [9.17, 15) is 0 Å². The summed E-state index contributed by atoms with van der Waals surface area (Å²) < 4.78 is 6.28. The Hall–Kier alpha value is -2.06. The zero-order valence-corrected chi connectivity index (χ0v) is 23.0. The van der Waals surface area contributed by atoms with Gasteiger partial charge in [-0.05, 0) is 92.7 Å². The van der Waals surface area contributed by atoms with Gasteiger partial charge in [-0.15, -0.1) is 5.54 Å². The minimum Gasteiger partial charge on any atom is -0.494 e. The van der Waals surface area contributed by atoms with E-state index in [-0.39, 0.29) is 0 Å². The van der Waals surface area contributed by atoms with Crippen molar-refractivity contribution in [3.63, 3.8) is 0 Å². The molecule has 0 saturated carbocycles. The molecule has 0 bridgehead atoms. The normalized spacial score (nSPS) is 22.7. The molecule has 0 spiro atoms. The monoisotopic (exact) mass is 486 g/mol. The summed E-state index contributed by atoms with van der Waals surface area (Å²) >= 11 is 0. The summed E-state index contributed by atoms with van der Waals surface area (Å²) in [6.07, 6.45) is 7.79. The van der Waals surface area contributed by atoms with E-state index < -0.39 is 8.07 Å². The molecule has 0 radical (unpaired) electrons. The van der Waals surface area contributed by atoms with Gasteiger partial charge in [0, 0.05) is 30.6 Å². The van der Waals surface area contributed by atoms with E-state index in [0.29, 0.717) is 12.0 Å². The molecule has 0 unspecified atom stereocenters. The van der Waals surface area contributed by atoms with Crippen molar-refractivity contribution >= 4 is 8.07 Å². The van der Waals surface area contributed by atoms with Crippen molar-refractivity contribution in [3.8, 4) is 17.2 Å². The molecule has 2 aromatic carbocycles. The topological polar surface area (TPSA) is 15.7 Å². The number of benzene rings is 2. The molecule has 3 heterocycles. The van der Waals surface area contributed by atoms with Gasteiger partial charge in [0.25, 0.3) is 0 Å². The van der Waals surface area contributed by atoms with E-state index in [0.717, 1.165) is 30.9 Å². The molecule has 2 atom stereocenters. The third kappa shape index (κ3) is 6.20. The Morgan fingerprint density at radius 2 is 1.80 bits per heavy atom. The lowest BCUT2D eigenvalue weighted by Gasteiger charge is -2.38. The van der Waals surface area contributed by atoms with E-state index >= 15 is 0 Å². The number of fused-ring (bicyclic) bond motifs is 3. The fraction of sp³-hybridized carbons (Fsp3) is 0.548. The van der Waals surface area contributed by atoms with Gasteiger partial charge in [0.1, 0.15) is 13.8 Å². The number of ether oxygens (including phenoxy) is 1. The fourth-order valence-electron chi connectivity index (χ4n) is 6.02. The van der Waals surface area contributed by atoms with E-state index in [2.05, 4.69) is 83.4 Å². The van der Waals surface area contributed by atoms with Gasteiger partial charge >= 0.3 is 0 Å². The average Bonchev–Trinajstić information content (AvgIpc) is 3.34. The van der Waals surface area contributed by atoms with E-state index in [1.54, 1.807) is 0 Å². The van der Waals surface area contributed by atoms with Crippen LogP contribution in [0.2, 0.25) is 19.6 Å². The first kappa shape index (κ1) is 24.6. The van der Waals surface area contributed by atoms with Crippen molar-refractivity contribution in [2.45, 2.75) is 70.1 Å². The summed E-state index contributed by atoms with van der Waals surface area (Å²) in [5.74, 6) is 4.92. The Labute approximate surface area is 213 Å². The summed E-state index contributed by atoms with van der Waals surface area (Å²) in [6, 6.07) is 16.5. The van der Waals surface area contributed by atoms with Crippen LogP contribution in [0.1, 0.15) is 72.7 Å². The molecule has 3 aliphatic rings. The molecule has 2 saturated heterocycles. The zero-order chi connectivity index (χ0) is 24.3.